The number of piperidine rings is 1. The molecule has 1 aliphatic heterocycles. The number of hydrogen-bond acceptors (Lipinski definition) is 4. The van der Waals surface area contributed by atoms with E-state index >= 15 is 0 Å². The summed E-state index contributed by atoms with van der Waals surface area (Å²) in [7, 11) is 1.91. The zero-order valence-corrected chi connectivity index (χ0v) is 14.2. The van der Waals surface area contributed by atoms with Gasteiger partial charge >= 0.3 is 0 Å². The van der Waals surface area contributed by atoms with Gasteiger partial charge in [0.2, 0.25) is 0 Å². The summed E-state index contributed by atoms with van der Waals surface area (Å²) in [4.78, 5) is 2.48. The Labute approximate surface area is 142 Å². The normalized spacial score (nSPS) is 15.8. The number of aromatic nitrogens is 3. The fourth-order valence-corrected chi connectivity index (χ4v) is 3.30. The number of rotatable bonds is 3. The van der Waals surface area contributed by atoms with Crippen LogP contribution in [0.15, 0.2) is 42.5 Å². The van der Waals surface area contributed by atoms with Gasteiger partial charge in [-0.2, -0.15) is 0 Å². The van der Waals surface area contributed by atoms with Gasteiger partial charge in [-0.3, -0.25) is 0 Å². The quantitative estimate of drug-likeness (QED) is 0.793. The molecule has 0 unspecified atom stereocenters. The maximum Gasteiger partial charge on any atom is 0.113 e. The van der Waals surface area contributed by atoms with E-state index in [2.05, 4.69) is 57.8 Å². The standard InChI is InChI=1S/C19H23N5/c1-14-9-11-24(12-10-14)17-6-3-15(4-7-17)20-16-5-8-18-19(13-16)23(2)22-21-18/h3-8,13-14,20H,9-12H2,1-2H3. The molecule has 0 spiro atoms. The van der Waals surface area contributed by atoms with E-state index in [9.17, 15) is 0 Å². The molecule has 0 amide bonds. The number of hydrogen-bond donors (Lipinski definition) is 1. The average molecular weight is 321 g/mol. The van der Waals surface area contributed by atoms with E-state index in [4.69, 9.17) is 0 Å². The number of aryl methyl sites for hydroxylation is 1. The van der Waals surface area contributed by atoms with Crippen LogP contribution in [0.3, 0.4) is 0 Å². The predicted octanol–water partition coefficient (Wildman–Crippen LogP) is 3.95. The SMILES string of the molecule is CC1CCN(c2ccc(Nc3ccc4nnn(C)c4c3)cc2)CC1. The number of benzene rings is 2. The van der Waals surface area contributed by atoms with E-state index in [1.54, 1.807) is 4.68 Å². The first-order chi connectivity index (χ1) is 11.7. The highest BCUT2D eigenvalue weighted by atomic mass is 15.4. The summed E-state index contributed by atoms with van der Waals surface area (Å²) in [6.45, 7) is 4.68. The van der Waals surface area contributed by atoms with Crippen LogP contribution in [0.2, 0.25) is 0 Å². The maximum atomic E-state index is 4.11. The van der Waals surface area contributed by atoms with Crippen LogP contribution < -0.4 is 10.2 Å². The van der Waals surface area contributed by atoms with Crippen molar-refractivity contribution in [3.8, 4) is 0 Å². The van der Waals surface area contributed by atoms with Crippen molar-refractivity contribution in [3.63, 3.8) is 0 Å². The summed E-state index contributed by atoms with van der Waals surface area (Å²) in [6.07, 6.45) is 2.58. The minimum Gasteiger partial charge on any atom is -0.372 e. The van der Waals surface area contributed by atoms with Gasteiger partial charge in [0.25, 0.3) is 0 Å². The monoisotopic (exact) mass is 321 g/mol. The lowest BCUT2D eigenvalue weighted by molar-refractivity contribution is 0.438. The van der Waals surface area contributed by atoms with Crippen LogP contribution in [0.25, 0.3) is 11.0 Å². The maximum absolute atomic E-state index is 4.11. The first-order valence-electron chi connectivity index (χ1n) is 8.60. The zero-order valence-electron chi connectivity index (χ0n) is 14.2. The number of nitrogens with one attached hydrogen (secondary N) is 1. The highest BCUT2D eigenvalue weighted by Gasteiger charge is 2.15. The molecule has 1 saturated heterocycles. The van der Waals surface area contributed by atoms with E-state index in [0.717, 1.165) is 41.4 Å². The molecule has 5 heteroatoms. The van der Waals surface area contributed by atoms with Gasteiger partial charge in [-0.05, 0) is 61.2 Å². The Balaban J connectivity index is 1.49. The molecule has 124 valence electrons. The minimum absolute atomic E-state index is 0.860. The van der Waals surface area contributed by atoms with Crippen molar-refractivity contribution in [2.45, 2.75) is 19.8 Å². The topological polar surface area (TPSA) is 46.0 Å². The zero-order chi connectivity index (χ0) is 16.5. The minimum atomic E-state index is 0.860. The second-order valence-corrected chi connectivity index (χ2v) is 6.76. The average Bonchev–Trinajstić information content (AvgIpc) is 2.97. The van der Waals surface area contributed by atoms with Crippen molar-refractivity contribution in [3.05, 3.63) is 42.5 Å². The third-order valence-electron chi connectivity index (χ3n) is 4.92. The smallest absolute Gasteiger partial charge is 0.113 e. The molecule has 0 aliphatic carbocycles. The molecule has 2 aromatic carbocycles. The van der Waals surface area contributed by atoms with Crippen LogP contribution in [0.1, 0.15) is 19.8 Å². The Morgan fingerprint density at radius 1 is 1.00 bits per heavy atom. The molecular weight excluding hydrogens is 298 g/mol. The van der Waals surface area contributed by atoms with Crippen molar-refractivity contribution >= 4 is 28.1 Å². The van der Waals surface area contributed by atoms with Crippen molar-refractivity contribution in [1.82, 2.24) is 15.0 Å². The lowest BCUT2D eigenvalue weighted by Crippen LogP contribution is -2.32. The summed E-state index contributed by atoms with van der Waals surface area (Å²) in [5.74, 6) is 0.860. The summed E-state index contributed by atoms with van der Waals surface area (Å²) >= 11 is 0. The molecule has 1 fully saturated rings. The van der Waals surface area contributed by atoms with E-state index in [-0.39, 0.29) is 0 Å². The van der Waals surface area contributed by atoms with Crippen LogP contribution in [0.5, 0.6) is 0 Å². The summed E-state index contributed by atoms with van der Waals surface area (Å²) in [5.41, 5.74) is 5.40. The van der Waals surface area contributed by atoms with Gasteiger partial charge in [-0.25, -0.2) is 4.68 Å². The molecule has 1 aromatic heterocycles. The van der Waals surface area contributed by atoms with Crippen LogP contribution in [-0.2, 0) is 7.05 Å². The molecule has 0 atom stereocenters. The molecule has 5 nitrogen and oxygen atoms in total. The Bertz CT molecular complexity index is 829. The lowest BCUT2D eigenvalue weighted by atomic mass is 9.99. The predicted molar refractivity (Wildman–Crippen MR) is 98.8 cm³/mol. The van der Waals surface area contributed by atoms with Crippen molar-refractivity contribution in [1.29, 1.82) is 0 Å². The second-order valence-electron chi connectivity index (χ2n) is 6.76. The molecular formula is C19H23N5. The lowest BCUT2D eigenvalue weighted by Gasteiger charge is -2.32. The molecule has 0 bridgehead atoms. The highest BCUT2D eigenvalue weighted by molar-refractivity contribution is 5.80. The molecule has 3 aromatic rings. The Hall–Kier alpha value is -2.56. The number of fused-ring (bicyclic) bond motifs is 1. The summed E-state index contributed by atoms with van der Waals surface area (Å²) < 4.78 is 1.79. The van der Waals surface area contributed by atoms with Gasteiger partial charge in [-0.15, -0.1) is 5.10 Å². The third-order valence-corrected chi connectivity index (χ3v) is 4.92. The van der Waals surface area contributed by atoms with E-state index in [0.29, 0.717) is 0 Å². The van der Waals surface area contributed by atoms with Crippen LogP contribution in [0.4, 0.5) is 17.1 Å². The molecule has 4 rings (SSSR count). The molecule has 0 saturated carbocycles. The molecule has 2 heterocycles. The van der Waals surface area contributed by atoms with Gasteiger partial charge in [0.15, 0.2) is 0 Å². The fraction of sp³-hybridized carbons (Fsp3) is 0.368. The van der Waals surface area contributed by atoms with Gasteiger partial charge in [0, 0.05) is 37.2 Å². The largest absolute Gasteiger partial charge is 0.372 e. The van der Waals surface area contributed by atoms with Crippen LogP contribution in [0, 0.1) is 5.92 Å². The van der Waals surface area contributed by atoms with E-state index < -0.39 is 0 Å². The Kier molecular flexibility index (Phi) is 3.84. The number of nitrogens with zero attached hydrogens (tertiary/aromatic N) is 4. The Morgan fingerprint density at radius 2 is 1.71 bits per heavy atom. The molecule has 24 heavy (non-hydrogen) atoms. The van der Waals surface area contributed by atoms with Crippen molar-refractivity contribution < 1.29 is 0 Å². The van der Waals surface area contributed by atoms with Gasteiger partial charge in [0.1, 0.15) is 5.52 Å². The van der Waals surface area contributed by atoms with Gasteiger partial charge in [-0.1, -0.05) is 12.1 Å². The van der Waals surface area contributed by atoms with Crippen molar-refractivity contribution in [2.24, 2.45) is 13.0 Å². The first-order valence-corrected chi connectivity index (χ1v) is 8.60. The fourth-order valence-electron chi connectivity index (χ4n) is 3.30. The van der Waals surface area contributed by atoms with E-state index in [1.807, 2.05) is 19.2 Å². The van der Waals surface area contributed by atoms with Crippen LogP contribution >= 0.6 is 0 Å². The Morgan fingerprint density at radius 3 is 2.46 bits per heavy atom. The summed E-state index contributed by atoms with van der Waals surface area (Å²) in [5, 5.41) is 11.6. The molecule has 1 N–H and O–H groups in total. The number of anilines is 3. The third kappa shape index (κ3) is 2.94. The highest BCUT2D eigenvalue weighted by Crippen LogP contribution is 2.26. The van der Waals surface area contributed by atoms with Crippen LogP contribution in [-0.4, -0.2) is 28.1 Å². The van der Waals surface area contributed by atoms with Crippen molar-refractivity contribution in [2.75, 3.05) is 23.3 Å². The van der Waals surface area contributed by atoms with E-state index in [1.165, 1.54) is 18.5 Å². The second kappa shape index (κ2) is 6.15. The molecule has 1 aliphatic rings. The van der Waals surface area contributed by atoms with Gasteiger partial charge < -0.3 is 10.2 Å². The first kappa shape index (κ1) is 15.0. The summed E-state index contributed by atoms with van der Waals surface area (Å²) in [6, 6.07) is 14.8. The van der Waals surface area contributed by atoms with Gasteiger partial charge in [0.05, 0.1) is 5.52 Å². The molecule has 0 radical (unpaired) electrons.